The number of hydrogen-bond acceptors (Lipinski definition) is 4. The van der Waals surface area contributed by atoms with Crippen molar-refractivity contribution in [2.24, 2.45) is 0 Å². The first kappa shape index (κ1) is 23.1. The van der Waals surface area contributed by atoms with Gasteiger partial charge in [0, 0.05) is 31.1 Å². The number of aliphatic carboxylic acids is 1. The number of piperidine rings is 1. The summed E-state index contributed by atoms with van der Waals surface area (Å²) in [4.78, 5) is 26.9. The van der Waals surface area contributed by atoms with Crippen LogP contribution in [0.3, 0.4) is 0 Å². The maximum atomic E-state index is 14.0. The molecule has 2 aliphatic rings. The van der Waals surface area contributed by atoms with E-state index in [1.54, 1.807) is 18.2 Å². The van der Waals surface area contributed by atoms with Gasteiger partial charge in [0.1, 0.15) is 18.0 Å². The zero-order valence-electron chi connectivity index (χ0n) is 19.2. The summed E-state index contributed by atoms with van der Waals surface area (Å²) in [7, 11) is 0. The number of halogens is 1. The van der Waals surface area contributed by atoms with Crippen LogP contribution in [0.2, 0.25) is 0 Å². The summed E-state index contributed by atoms with van der Waals surface area (Å²) in [5.41, 5.74) is 3.60. The first-order valence-corrected chi connectivity index (χ1v) is 11.8. The van der Waals surface area contributed by atoms with Crippen LogP contribution in [-0.4, -0.2) is 47.3 Å². The van der Waals surface area contributed by atoms with Gasteiger partial charge in [-0.3, -0.25) is 4.90 Å². The van der Waals surface area contributed by atoms with Crippen molar-refractivity contribution in [1.29, 1.82) is 0 Å². The van der Waals surface area contributed by atoms with Crippen molar-refractivity contribution in [2.75, 3.05) is 19.7 Å². The van der Waals surface area contributed by atoms with Gasteiger partial charge in [0.25, 0.3) is 0 Å². The molecule has 3 aromatic rings. The molecule has 0 radical (unpaired) electrons. The molecule has 1 aliphatic heterocycles. The molecule has 1 saturated heterocycles. The van der Waals surface area contributed by atoms with E-state index in [0.29, 0.717) is 25.2 Å². The zero-order chi connectivity index (χ0) is 24.4. The largest absolute Gasteiger partial charge is 0.480 e. The highest BCUT2D eigenvalue weighted by Gasteiger charge is 2.43. The summed E-state index contributed by atoms with van der Waals surface area (Å²) in [6.07, 6.45) is -0.320. The molecular weight excluding hydrogens is 447 g/mol. The minimum absolute atomic E-state index is 0.100. The summed E-state index contributed by atoms with van der Waals surface area (Å²) in [6.45, 7) is 1.36. The van der Waals surface area contributed by atoms with E-state index in [1.807, 2.05) is 41.3 Å². The van der Waals surface area contributed by atoms with Gasteiger partial charge in [-0.25, -0.2) is 14.0 Å². The molecule has 6 nitrogen and oxygen atoms in total. The summed E-state index contributed by atoms with van der Waals surface area (Å²) in [6, 6.07) is 22.6. The molecule has 35 heavy (non-hydrogen) atoms. The first-order valence-electron chi connectivity index (χ1n) is 11.8. The van der Waals surface area contributed by atoms with E-state index in [1.165, 1.54) is 6.07 Å². The monoisotopic (exact) mass is 474 g/mol. The topological polar surface area (TPSA) is 78.9 Å². The highest BCUT2D eigenvalue weighted by Crippen LogP contribution is 2.44. The average molecular weight is 475 g/mol. The molecule has 3 aromatic carbocycles. The molecule has 180 valence electrons. The van der Waals surface area contributed by atoms with Crippen LogP contribution in [0.1, 0.15) is 35.4 Å². The Bertz CT molecular complexity index is 1210. The summed E-state index contributed by atoms with van der Waals surface area (Å²) in [5, 5.41) is 12.6. The van der Waals surface area contributed by atoms with Crippen molar-refractivity contribution in [2.45, 2.75) is 30.8 Å². The van der Waals surface area contributed by atoms with E-state index in [4.69, 9.17) is 4.74 Å². The second kappa shape index (κ2) is 9.50. The van der Waals surface area contributed by atoms with E-state index in [-0.39, 0.29) is 31.2 Å². The molecule has 1 aliphatic carbocycles. The van der Waals surface area contributed by atoms with Gasteiger partial charge in [-0.2, -0.15) is 0 Å². The lowest BCUT2D eigenvalue weighted by atomic mass is 9.87. The molecule has 0 saturated carbocycles. The third-order valence-corrected chi connectivity index (χ3v) is 7.16. The molecule has 1 heterocycles. The number of nitrogens with one attached hydrogen (secondary N) is 1. The summed E-state index contributed by atoms with van der Waals surface area (Å²) in [5.74, 6) is -1.47. The molecule has 0 unspecified atom stereocenters. The van der Waals surface area contributed by atoms with Gasteiger partial charge in [0.05, 0.1) is 0 Å². The van der Waals surface area contributed by atoms with Gasteiger partial charge in [0.15, 0.2) is 0 Å². The number of rotatable bonds is 6. The Morgan fingerprint density at radius 2 is 1.51 bits per heavy atom. The second-order valence-corrected chi connectivity index (χ2v) is 9.21. The molecule has 7 heteroatoms. The quantitative estimate of drug-likeness (QED) is 0.537. The number of ether oxygens (including phenoxy) is 1. The van der Waals surface area contributed by atoms with Crippen LogP contribution in [0.15, 0.2) is 72.8 Å². The lowest BCUT2D eigenvalue weighted by molar-refractivity contribution is -0.147. The van der Waals surface area contributed by atoms with Crippen LogP contribution in [0.4, 0.5) is 9.18 Å². The fourth-order valence-electron chi connectivity index (χ4n) is 5.18. The number of alkyl carbamates (subject to hydrolysis) is 1. The number of benzene rings is 3. The number of fused-ring (bicyclic) bond motifs is 3. The molecule has 0 atom stereocenters. The Hall–Kier alpha value is -3.71. The standard InChI is InChI=1S/C28H27FN2O4/c29-25-12-6-1-7-19(25)17-31-15-13-28(14-16-31,26(32)33)30-27(34)35-18-24-22-10-4-2-8-20(22)21-9-3-5-11-23(21)24/h1-12,24H,13-18H2,(H,30,34)(H,32,33). The number of hydrogen-bond donors (Lipinski definition) is 2. The van der Waals surface area contributed by atoms with Gasteiger partial charge in [-0.1, -0.05) is 66.7 Å². The first-order chi connectivity index (χ1) is 17.0. The number of likely N-dealkylation sites (tertiary alicyclic amines) is 1. The van der Waals surface area contributed by atoms with E-state index < -0.39 is 17.6 Å². The van der Waals surface area contributed by atoms with Crippen molar-refractivity contribution in [3.05, 3.63) is 95.3 Å². The molecule has 0 aromatic heterocycles. The number of carboxylic acid groups (broad SMARTS) is 1. The predicted octanol–water partition coefficient (Wildman–Crippen LogP) is 4.78. The fraction of sp³-hybridized carbons (Fsp3) is 0.286. The SMILES string of the molecule is O=C(NC1(C(=O)O)CCN(Cc2ccccc2F)CC1)OCC1c2ccccc2-c2ccccc21. The van der Waals surface area contributed by atoms with Crippen molar-refractivity contribution in [1.82, 2.24) is 10.2 Å². The van der Waals surface area contributed by atoms with Gasteiger partial charge >= 0.3 is 12.1 Å². The summed E-state index contributed by atoms with van der Waals surface area (Å²) >= 11 is 0. The highest BCUT2D eigenvalue weighted by molar-refractivity contribution is 5.85. The Labute approximate surface area is 203 Å². The minimum atomic E-state index is -1.41. The van der Waals surface area contributed by atoms with E-state index >= 15 is 0 Å². The molecule has 5 rings (SSSR count). The lowest BCUT2D eigenvalue weighted by Crippen LogP contribution is -2.60. The highest BCUT2D eigenvalue weighted by atomic mass is 19.1. The Balaban J connectivity index is 1.22. The molecular formula is C28H27FN2O4. The van der Waals surface area contributed by atoms with Crippen LogP contribution >= 0.6 is 0 Å². The Kier molecular flexibility index (Phi) is 6.26. The van der Waals surface area contributed by atoms with Gasteiger partial charge in [0.2, 0.25) is 0 Å². The fourth-order valence-corrected chi connectivity index (χ4v) is 5.18. The van der Waals surface area contributed by atoms with Crippen LogP contribution in [-0.2, 0) is 16.1 Å². The maximum absolute atomic E-state index is 14.0. The number of carboxylic acids is 1. The zero-order valence-corrected chi connectivity index (χ0v) is 19.2. The Morgan fingerprint density at radius 3 is 2.11 bits per heavy atom. The average Bonchev–Trinajstić information content (AvgIpc) is 3.19. The molecule has 0 spiro atoms. The third kappa shape index (κ3) is 4.51. The van der Waals surface area contributed by atoms with Crippen molar-refractivity contribution < 1.29 is 23.8 Å². The van der Waals surface area contributed by atoms with Crippen LogP contribution in [0.25, 0.3) is 11.1 Å². The second-order valence-electron chi connectivity index (χ2n) is 9.21. The van der Waals surface area contributed by atoms with Crippen molar-refractivity contribution in [3.8, 4) is 11.1 Å². The lowest BCUT2D eigenvalue weighted by Gasteiger charge is -2.39. The smallest absolute Gasteiger partial charge is 0.408 e. The number of carbonyl (C=O) groups excluding carboxylic acids is 1. The number of carbonyl (C=O) groups is 2. The maximum Gasteiger partial charge on any atom is 0.408 e. The molecule has 2 N–H and O–H groups in total. The molecule has 0 bridgehead atoms. The predicted molar refractivity (Wildman–Crippen MR) is 129 cm³/mol. The van der Waals surface area contributed by atoms with Gasteiger partial charge in [-0.15, -0.1) is 0 Å². The third-order valence-electron chi connectivity index (χ3n) is 7.16. The minimum Gasteiger partial charge on any atom is -0.480 e. The molecule has 1 fully saturated rings. The normalized spacial score (nSPS) is 16.8. The van der Waals surface area contributed by atoms with Crippen LogP contribution < -0.4 is 5.32 Å². The molecule has 1 amide bonds. The van der Waals surface area contributed by atoms with E-state index in [2.05, 4.69) is 17.4 Å². The Morgan fingerprint density at radius 1 is 0.943 bits per heavy atom. The van der Waals surface area contributed by atoms with Crippen LogP contribution in [0.5, 0.6) is 0 Å². The summed E-state index contributed by atoms with van der Waals surface area (Å²) < 4.78 is 19.6. The van der Waals surface area contributed by atoms with E-state index in [0.717, 1.165) is 22.3 Å². The van der Waals surface area contributed by atoms with Gasteiger partial charge < -0.3 is 15.2 Å². The van der Waals surface area contributed by atoms with E-state index in [9.17, 15) is 19.1 Å². The number of nitrogens with zero attached hydrogens (tertiary/aromatic N) is 1. The van der Waals surface area contributed by atoms with Crippen molar-refractivity contribution >= 4 is 12.1 Å². The number of amides is 1. The van der Waals surface area contributed by atoms with Crippen molar-refractivity contribution in [3.63, 3.8) is 0 Å². The van der Waals surface area contributed by atoms with Gasteiger partial charge in [-0.05, 0) is 41.2 Å². The van der Waals surface area contributed by atoms with Crippen LogP contribution in [0, 0.1) is 5.82 Å².